The summed E-state index contributed by atoms with van der Waals surface area (Å²) in [5.74, 6) is 0. The van der Waals surface area contributed by atoms with Crippen LogP contribution in [0.1, 0.15) is 26.2 Å². The summed E-state index contributed by atoms with van der Waals surface area (Å²) in [7, 11) is 0. The average molecular weight is 335 g/mol. The number of benzene rings is 1. The van der Waals surface area contributed by atoms with Crippen molar-refractivity contribution in [2.75, 3.05) is 5.32 Å². The van der Waals surface area contributed by atoms with Crippen LogP contribution in [-0.4, -0.2) is 11.7 Å². The highest BCUT2D eigenvalue weighted by atomic mass is 79.9. The minimum atomic E-state index is -4.17. The molecule has 0 amide bonds. The molecule has 0 saturated heterocycles. The Morgan fingerprint density at radius 1 is 1.32 bits per heavy atom. The van der Waals surface area contributed by atoms with Gasteiger partial charge in [-0.1, -0.05) is 22.0 Å². The molecule has 0 aliphatic rings. The zero-order chi connectivity index (χ0) is 14.5. The van der Waals surface area contributed by atoms with Crippen LogP contribution in [0.5, 0.6) is 0 Å². The molecule has 0 fully saturated rings. The van der Waals surface area contributed by atoms with Crippen molar-refractivity contribution in [3.8, 4) is 6.07 Å². The van der Waals surface area contributed by atoms with E-state index >= 15 is 0 Å². The fraction of sp³-hybridized carbons (Fsp3) is 0.462. The maximum absolute atomic E-state index is 12.1. The number of nitrogens with zero attached hydrogens (tertiary/aromatic N) is 1. The van der Waals surface area contributed by atoms with Crippen LogP contribution in [0.3, 0.4) is 0 Å². The monoisotopic (exact) mass is 334 g/mol. The third-order valence-electron chi connectivity index (χ3n) is 2.63. The first-order chi connectivity index (χ1) is 8.74. The van der Waals surface area contributed by atoms with E-state index in [2.05, 4.69) is 21.2 Å². The average Bonchev–Trinajstić information content (AvgIpc) is 2.27. The maximum atomic E-state index is 12.1. The summed E-state index contributed by atoms with van der Waals surface area (Å²) in [4.78, 5) is 0. The van der Waals surface area contributed by atoms with Gasteiger partial charge in [0, 0.05) is 16.6 Å². The van der Waals surface area contributed by atoms with E-state index in [4.69, 9.17) is 5.26 Å². The van der Waals surface area contributed by atoms with Gasteiger partial charge in [0.05, 0.1) is 6.07 Å². The van der Waals surface area contributed by atoms with Crippen LogP contribution in [-0.2, 0) is 0 Å². The van der Waals surface area contributed by atoms with Crippen LogP contribution in [0.25, 0.3) is 0 Å². The quantitative estimate of drug-likeness (QED) is 0.833. The lowest BCUT2D eigenvalue weighted by Gasteiger charge is -2.25. The fourth-order valence-corrected chi connectivity index (χ4v) is 2.07. The molecule has 0 radical (unpaired) electrons. The number of anilines is 1. The molecule has 1 rings (SSSR count). The molecule has 2 nitrogen and oxygen atoms in total. The van der Waals surface area contributed by atoms with Crippen molar-refractivity contribution in [1.29, 1.82) is 5.26 Å². The van der Waals surface area contributed by atoms with Crippen molar-refractivity contribution in [2.45, 2.75) is 37.9 Å². The topological polar surface area (TPSA) is 35.8 Å². The Morgan fingerprint density at radius 2 is 2.00 bits per heavy atom. The number of nitriles is 1. The number of alkyl halides is 3. The molecule has 19 heavy (non-hydrogen) atoms. The summed E-state index contributed by atoms with van der Waals surface area (Å²) in [6, 6.07) is 9.21. The Bertz CT molecular complexity index is 468. The van der Waals surface area contributed by atoms with E-state index in [1.54, 1.807) is 25.1 Å². The highest BCUT2D eigenvalue weighted by molar-refractivity contribution is 9.10. The van der Waals surface area contributed by atoms with Crippen molar-refractivity contribution in [1.82, 2.24) is 0 Å². The zero-order valence-electron chi connectivity index (χ0n) is 10.4. The lowest BCUT2D eigenvalue weighted by Crippen LogP contribution is -2.33. The normalized spacial score (nSPS) is 14.5. The van der Waals surface area contributed by atoms with Gasteiger partial charge < -0.3 is 5.32 Å². The minimum Gasteiger partial charge on any atom is -0.368 e. The van der Waals surface area contributed by atoms with Gasteiger partial charge >= 0.3 is 6.18 Å². The third-order valence-corrected chi connectivity index (χ3v) is 3.12. The second-order valence-corrected chi connectivity index (χ2v) is 5.46. The van der Waals surface area contributed by atoms with Gasteiger partial charge in [-0.2, -0.15) is 18.4 Å². The second-order valence-electron chi connectivity index (χ2n) is 4.55. The first-order valence-electron chi connectivity index (χ1n) is 5.76. The molecule has 0 heterocycles. The largest absolute Gasteiger partial charge is 0.389 e. The second kappa shape index (κ2) is 6.29. The van der Waals surface area contributed by atoms with Gasteiger partial charge in [-0.25, -0.2) is 0 Å². The number of nitrogens with one attached hydrogen (secondary N) is 1. The van der Waals surface area contributed by atoms with E-state index in [9.17, 15) is 13.2 Å². The van der Waals surface area contributed by atoms with E-state index in [1.165, 1.54) is 0 Å². The van der Waals surface area contributed by atoms with Crippen LogP contribution in [0.2, 0.25) is 0 Å². The summed E-state index contributed by atoms with van der Waals surface area (Å²) in [5, 5.41) is 12.1. The minimum absolute atomic E-state index is 0.0748. The molecule has 0 saturated carbocycles. The lowest BCUT2D eigenvalue weighted by molar-refractivity contribution is -0.135. The summed E-state index contributed by atoms with van der Waals surface area (Å²) in [6.45, 7) is 1.60. The predicted molar refractivity (Wildman–Crippen MR) is 71.7 cm³/mol. The summed E-state index contributed by atoms with van der Waals surface area (Å²) < 4.78 is 37.2. The van der Waals surface area contributed by atoms with Gasteiger partial charge in [0.2, 0.25) is 0 Å². The van der Waals surface area contributed by atoms with E-state index in [1.807, 2.05) is 12.1 Å². The molecule has 0 bridgehead atoms. The first-order valence-corrected chi connectivity index (χ1v) is 6.55. The van der Waals surface area contributed by atoms with Crippen molar-refractivity contribution in [2.24, 2.45) is 0 Å². The number of hydrogen-bond acceptors (Lipinski definition) is 2. The molecule has 0 aromatic heterocycles. The van der Waals surface area contributed by atoms with E-state index < -0.39 is 18.1 Å². The first kappa shape index (κ1) is 15.8. The molecular formula is C13H14BrF3N2. The molecule has 1 unspecified atom stereocenters. The van der Waals surface area contributed by atoms with Crippen LogP contribution in [0, 0.1) is 11.3 Å². The molecule has 0 aliphatic carbocycles. The van der Waals surface area contributed by atoms with E-state index in [-0.39, 0.29) is 12.8 Å². The fourth-order valence-electron chi connectivity index (χ4n) is 1.67. The smallest absolute Gasteiger partial charge is 0.368 e. The summed E-state index contributed by atoms with van der Waals surface area (Å²) >= 11 is 3.30. The van der Waals surface area contributed by atoms with Gasteiger partial charge in [-0.3, -0.25) is 0 Å². The van der Waals surface area contributed by atoms with E-state index in [0.29, 0.717) is 5.69 Å². The molecule has 6 heteroatoms. The van der Waals surface area contributed by atoms with Gasteiger partial charge in [-0.05, 0) is 38.0 Å². The van der Waals surface area contributed by atoms with Crippen LogP contribution in [0.15, 0.2) is 28.7 Å². The molecule has 104 valence electrons. The zero-order valence-corrected chi connectivity index (χ0v) is 12.0. The standard InChI is InChI=1S/C13H14BrF3N2/c1-12(9-18,6-3-7-13(15,16)17)19-11-5-2-4-10(14)8-11/h2,4-5,8,19H,3,6-7H2,1H3. The van der Waals surface area contributed by atoms with E-state index in [0.717, 1.165) is 4.47 Å². The number of rotatable bonds is 5. The van der Waals surface area contributed by atoms with Gasteiger partial charge in [0.25, 0.3) is 0 Å². The molecule has 1 aromatic carbocycles. The molecule has 0 spiro atoms. The number of halogens is 4. The van der Waals surface area contributed by atoms with Crippen LogP contribution >= 0.6 is 15.9 Å². The Labute approximate surface area is 118 Å². The highest BCUT2D eigenvalue weighted by Crippen LogP contribution is 2.27. The molecule has 0 aliphatic heterocycles. The van der Waals surface area contributed by atoms with Gasteiger partial charge in [-0.15, -0.1) is 0 Å². The predicted octanol–water partition coefficient (Wildman–Crippen LogP) is 4.88. The Hall–Kier alpha value is -1.22. The van der Waals surface area contributed by atoms with Gasteiger partial charge in [0.1, 0.15) is 5.54 Å². The summed E-state index contributed by atoms with van der Waals surface area (Å²) in [5.41, 5.74) is -0.308. The van der Waals surface area contributed by atoms with Crippen molar-refractivity contribution in [3.05, 3.63) is 28.7 Å². The third kappa shape index (κ3) is 5.97. The Kier molecular flexibility index (Phi) is 5.24. The van der Waals surface area contributed by atoms with Gasteiger partial charge in [0.15, 0.2) is 0 Å². The highest BCUT2D eigenvalue weighted by Gasteiger charge is 2.30. The SMILES string of the molecule is CC(C#N)(CCCC(F)(F)F)Nc1cccc(Br)c1. The lowest BCUT2D eigenvalue weighted by atomic mass is 9.96. The molecular weight excluding hydrogens is 321 g/mol. The number of hydrogen-bond donors (Lipinski definition) is 1. The molecule has 1 atom stereocenters. The Balaban J connectivity index is 2.63. The van der Waals surface area contributed by atoms with Crippen molar-refractivity contribution < 1.29 is 13.2 Å². The Morgan fingerprint density at radius 3 is 2.53 bits per heavy atom. The molecule has 1 aromatic rings. The molecule has 1 N–H and O–H groups in total. The van der Waals surface area contributed by atoms with Crippen molar-refractivity contribution in [3.63, 3.8) is 0 Å². The maximum Gasteiger partial charge on any atom is 0.389 e. The van der Waals surface area contributed by atoms with Crippen molar-refractivity contribution >= 4 is 21.6 Å². The van der Waals surface area contributed by atoms with Crippen LogP contribution < -0.4 is 5.32 Å². The van der Waals surface area contributed by atoms with Crippen LogP contribution in [0.4, 0.5) is 18.9 Å². The summed E-state index contributed by atoms with van der Waals surface area (Å²) in [6.07, 6.45) is -4.99.